The lowest BCUT2D eigenvalue weighted by Gasteiger charge is -2.32. The molecule has 5 heteroatoms. The molecule has 0 aromatic heterocycles. The zero-order chi connectivity index (χ0) is 13.9. The molecule has 0 radical (unpaired) electrons. The van der Waals surface area contributed by atoms with Gasteiger partial charge in [-0.15, -0.1) is 0 Å². The van der Waals surface area contributed by atoms with Crippen molar-refractivity contribution in [2.24, 2.45) is 0 Å². The SMILES string of the molecule is CNC(c1cc2c(cc1Br)OCCO2)C1CCCCO1. The van der Waals surface area contributed by atoms with Crippen LogP contribution in [0, 0.1) is 0 Å². The molecule has 1 saturated heterocycles. The summed E-state index contributed by atoms with van der Waals surface area (Å²) < 4.78 is 18.3. The lowest BCUT2D eigenvalue weighted by atomic mass is 9.95. The van der Waals surface area contributed by atoms with Gasteiger partial charge in [0.25, 0.3) is 0 Å². The molecule has 0 amide bonds. The lowest BCUT2D eigenvalue weighted by molar-refractivity contribution is -0.00684. The number of likely N-dealkylation sites (N-methyl/N-ethyl adjacent to an activating group) is 1. The highest BCUT2D eigenvalue weighted by Gasteiger charge is 2.28. The van der Waals surface area contributed by atoms with Crippen molar-refractivity contribution in [3.05, 3.63) is 22.2 Å². The standard InChI is InChI=1S/C15H20BrNO3/c1-17-15(12-4-2-3-5-18-12)10-8-13-14(9-11(10)16)20-7-6-19-13/h8-9,12,15,17H,2-7H2,1H3. The van der Waals surface area contributed by atoms with Crippen LogP contribution < -0.4 is 14.8 Å². The predicted octanol–water partition coefficient (Wildman–Crippen LogP) is 3.05. The van der Waals surface area contributed by atoms with Gasteiger partial charge < -0.3 is 19.5 Å². The minimum Gasteiger partial charge on any atom is -0.486 e. The molecule has 0 bridgehead atoms. The molecule has 0 aliphatic carbocycles. The second-order valence-electron chi connectivity index (χ2n) is 5.19. The van der Waals surface area contributed by atoms with E-state index < -0.39 is 0 Å². The van der Waals surface area contributed by atoms with E-state index in [4.69, 9.17) is 14.2 Å². The first-order valence-corrected chi connectivity index (χ1v) is 7.97. The number of hydrogen-bond acceptors (Lipinski definition) is 4. The second-order valence-corrected chi connectivity index (χ2v) is 6.04. The smallest absolute Gasteiger partial charge is 0.162 e. The summed E-state index contributed by atoms with van der Waals surface area (Å²) in [6, 6.07) is 4.23. The van der Waals surface area contributed by atoms with Gasteiger partial charge in [-0.3, -0.25) is 0 Å². The monoisotopic (exact) mass is 341 g/mol. The zero-order valence-corrected chi connectivity index (χ0v) is 13.2. The highest BCUT2D eigenvalue weighted by atomic mass is 79.9. The number of nitrogens with one attached hydrogen (secondary N) is 1. The van der Waals surface area contributed by atoms with E-state index in [0.29, 0.717) is 13.2 Å². The third kappa shape index (κ3) is 2.80. The maximum absolute atomic E-state index is 5.93. The average molecular weight is 342 g/mol. The average Bonchev–Trinajstić information content (AvgIpc) is 2.49. The third-order valence-corrected chi connectivity index (χ3v) is 4.58. The van der Waals surface area contributed by atoms with Gasteiger partial charge in [0, 0.05) is 11.1 Å². The van der Waals surface area contributed by atoms with E-state index in [2.05, 4.69) is 27.3 Å². The fraction of sp³-hybridized carbons (Fsp3) is 0.600. The second kappa shape index (κ2) is 6.33. The van der Waals surface area contributed by atoms with Gasteiger partial charge in [0.1, 0.15) is 13.2 Å². The Morgan fingerprint density at radius 3 is 2.55 bits per heavy atom. The van der Waals surface area contributed by atoms with Crippen molar-refractivity contribution in [2.45, 2.75) is 31.4 Å². The van der Waals surface area contributed by atoms with Crippen molar-refractivity contribution in [3.8, 4) is 11.5 Å². The molecular formula is C15H20BrNO3. The molecule has 3 rings (SSSR count). The molecular weight excluding hydrogens is 322 g/mol. The predicted molar refractivity (Wildman–Crippen MR) is 80.5 cm³/mol. The highest BCUT2D eigenvalue weighted by molar-refractivity contribution is 9.10. The van der Waals surface area contributed by atoms with Crippen molar-refractivity contribution in [3.63, 3.8) is 0 Å². The number of fused-ring (bicyclic) bond motifs is 1. The maximum Gasteiger partial charge on any atom is 0.162 e. The van der Waals surface area contributed by atoms with Crippen LogP contribution in [0.15, 0.2) is 16.6 Å². The van der Waals surface area contributed by atoms with Crippen molar-refractivity contribution < 1.29 is 14.2 Å². The molecule has 1 N–H and O–H groups in total. The van der Waals surface area contributed by atoms with Crippen LogP contribution in [-0.2, 0) is 4.74 Å². The fourth-order valence-electron chi connectivity index (χ4n) is 2.89. The van der Waals surface area contributed by atoms with Gasteiger partial charge in [-0.2, -0.15) is 0 Å². The Morgan fingerprint density at radius 1 is 1.15 bits per heavy atom. The number of hydrogen-bond donors (Lipinski definition) is 1. The molecule has 2 aliphatic heterocycles. The zero-order valence-electron chi connectivity index (χ0n) is 11.7. The normalized spacial score (nSPS) is 23.4. The fourth-order valence-corrected chi connectivity index (χ4v) is 3.46. The quantitative estimate of drug-likeness (QED) is 0.917. The van der Waals surface area contributed by atoms with Gasteiger partial charge in [-0.25, -0.2) is 0 Å². The molecule has 0 saturated carbocycles. The number of benzene rings is 1. The molecule has 2 unspecified atom stereocenters. The summed E-state index contributed by atoms with van der Waals surface area (Å²) in [4.78, 5) is 0. The van der Waals surface area contributed by atoms with E-state index >= 15 is 0 Å². The van der Waals surface area contributed by atoms with Gasteiger partial charge in [0.05, 0.1) is 12.1 Å². The Hall–Kier alpha value is -0.780. The van der Waals surface area contributed by atoms with E-state index in [1.807, 2.05) is 13.1 Å². The molecule has 1 aromatic carbocycles. The molecule has 2 atom stereocenters. The van der Waals surface area contributed by atoms with Crippen LogP contribution in [0.25, 0.3) is 0 Å². The number of ether oxygens (including phenoxy) is 3. The van der Waals surface area contributed by atoms with Crippen molar-refractivity contribution in [1.82, 2.24) is 5.32 Å². The summed E-state index contributed by atoms with van der Waals surface area (Å²) in [5.41, 5.74) is 1.17. The first-order valence-electron chi connectivity index (χ1n) is 7.17. The van der Waals surface area contributed by atoms with Crippen LogP contribution >= 0.6 is 15.9 Å². The molecule has 2 aliphatic rings. The Morgan fingerprint density at radius 2 is 1.90 bits per heavy atom. The van der Waals surface area contributed by atoms with E-state index in [1.165, 1.54) is 12.0 Å². The van der Waals surface area contributed by atoms with E-state index in [9.17, 15) is 0 Å². The number of rotatable bonds is 3. The third-order valence-electron chi connectivity index (χ3n) is 3.89. The van der Waals surface area contributed by atoms with Crippen LogP contribution in [0.3, 0.4) is 0 Å². The maximum atomic E-state index is 5.93. The van der Waals surface area contributed by atoms with Gasteiger partial charge >= 0.3 is 0 Å². The Labute approximate surface area is 127 Å². The van der Waals surface area contributed by atoms with Crippen LogP contribution in [0.2, 0.25) is 0 Å². The Kier molecular flexibility index (Phi) is 4.48. The minimum absolute atomic E-state index is 0.167. The van der Waals surface area contributed by atoms with E-state index in [0.717, 1.165) is 35.4 Å². The summed E-state index contributed by atoms with van der Waals surface area (Å²) in [7, 11) is 1.98. The molecule has 20 heavy (non-hydrogen) atoms. The topological polar surface area (TPSA) is 39.7 Å². The summed E-state index contributed by atoms with van der Waals surface area (Å²) in [6.07, 6.45) is 3.69. The van der Waals surface area contributed by atoms with Gasteiger partial charge in [0.2, 0.25) is 0 Å². The van der Waals surface area contributed by atoms with Gasteiger partial charge in [-0.1, -0.05) is 15.9 Å². The first kappa shape index (κ1) is 14.2. The van der Waals surface area contributed by atoms with Crippen molar-refractivity contribution in [2.75, 3.05) is 26.9 Å². The molecule has 2 heterocycles. The lowest BCUT2D eigenvalue weighted by Crippen LogP contribution is -2.34. The van der Waals surface area contributed by atoms with Crippen molar-refractivity contribution in [1.29, 1.82) is 0 Å². The van der Waals surface area contributed by atoms with Crippen molar-refractivity contribution >= 4 is 15.9 Å². The number of halogens is 1. The largest absolute Gasteiger partial charge is 0.486 e. The first-order chi connectivity index (χ1) is 9.79. The van der Waals surface area contributed by atoms with Crippen LogP contribution in [-0.4, -0.2) is 33.0 Å². The Bertz CT molecular complexity index is 474. The molecule has 1 fully saturated rings. The van der Waals surface area contributed by atoms with Crippen LogP contribution in [0.4, 0.5) is 0 Å². The molecule has 110 valence electrons. The van der Waals surface area contributed by atoms with Gasteiger partial charge in [-0.05, 0) is 44.0 Å². The van der Waals surface area contributed by atoms with Gasteiger partial charge in [0.15, 0.2) is 11.5 Å². The molecule has 0 spiro atoms. The summed E-state index contributed by atoms with van der Waals surface area (Å²) in [5.74, 6) is 1.64. The molecule has 4 nitrogen and oxygen atoms in total. The van der Waals surface area contributed by atoms with E-state index in [1.54, 1.807) is 0 Å². The Balaban J connectivity index is 1.90. The molecule has 1 aromatic rings. The van der Waals surface area contributed by atoms with E-state index in [-0.39, 0.29) is 12.1 Å². The minimum atomic E-state index is 0.167. The summed E-state index contributed by atoms with van der Waals surface area (Å²) in [6.45, 7) is 2.07. The highest BCUT2D eigenvalue weighted by Crippen LogP contribution is 2.39. The van der Waals surface area contributed by atoms with Crippen LogP contribution in [0.1, 0.15) is 30.9 Å². The summed E-state index contributed by atoms with van der Waals surface area (Å²) in [5, 5.41) is 3.38. The summed E-state index contributed by atoms with van der Waals surface area (Å²) >= 11 is 3.65. The van der Waals surface area contributed by atoms with Crippen LogP contribution in [0.5, 0.6) is 11.5 Å².